The van der Waals surface area contributed by atoms with Gasteiger partial charge in [-0.15, -0.1) is 0 Å². The van der Waals surface area contributed by atoms with Crippen molar-refractivity contribution in [3.63, 3.8) is 0 Å². The average Bonchev–Trinajstić information content (AvgIpc) is 2.98. The van der Waals surface area contributed by atoms with Gasteiger partial charge in [-0.3, -0.25) is 24.0 Å². The maximum absolute atomic E-state index is 12.0. The summed E-state index contributed by atoms with van der Waals surface area (Å²) < 4.78 is 1.52. The molecule has 0 bridgehead atoms. The number of aromatic nitrogens is 2. The third-order valence-electron chi connectivity index (χ3n) is 3.31. The minimum atomic E-state index is -0.368. The summed E-state index contributed by atoms with van der Waals surface area (Å²) in [5.74, 6) is -1.03. The quantitative estimate of drug-likeness (QED) is 0.830. The molecular formula is C14H12N4O3. The van der Waals surface area contributed by atoms with Crippen molar-refractivity contribution < 1.29 is 14.4 Å². The smallest absolute Gasteiger partial charge is 0.261 e. The minimum absolute atomic E-state index is 0.298. The van der Waals surface area contributed by atoms with Crippen molar-refractivity contribution in [2.45, 2.75) is 0 Å². The zero-order valence-corrected chi connectivity index (χ0v) is 11.5. The standard InChI is InChI=1S/C14H12N4O3/c1-17-7-8(6-15-17)12(19)16-9-3-4-10-11(5-9)14(21)18(2)13(10)20/h3-7H,1-2H3,(H,16,19). The lowest BCUT2D eigenvalue weighted by Gasteiger charge is -2.04. The Kier molecular flexibility index (Phi) is 2.83. The number of anilines is 1. The molecule has 0 radical (unpaired) electrons. The summed E-state index contributed by atoms with van der Waals surface area (Å²) in [7, 11) is 3.14. The van der Waals surface area contributed by atoms with Gasteiger partial charge in [0.25, 0.3) is 17.7 Å². The Labute approximate surface area is 120 Å². The molecule has 2 aromatic rings. The van der Waals surface area contributed by atoms with Gasteiger partial charge >= 0.3 is 0 Å². The van der Waals surface area contributed by atoms with E-state index in [1.807, 2.05) is 0 Å². The highest BCUT2D eigenvalue weighted by Gasteiger charge is 2.32. The van der Waals surface area contributed by atoms with Crippen molar-refractivity contribution in [2.75, 3.05) is 12.4 Å². The Morgan fingerprint density at radius 1 is 1.14 bits per heavy atom. The van der Waals surface area contributed by atoms with Crippen molar-refractivity contribution >= 4 is 23.4 Å². The van der Waals surface area contributed by atoms with Crippen LogP contribution in [0.25, 0.3) is 0 Å². The highest BCUT2D eigenvalue weighted by atomic mass is 16.2. The van der Waals surface area contributed by atoms with Crippen LogP contribution in [0.3, 0.4) is 0 Å². The van der Waals surface area contributed by atoms with Gasteiger partial charge in [-0.2, -0.15) is 5.10 Å². The Balaban J connectivity index is 1.87. The number of imide groups is 1. The van der Waals surface area contributed by atoms with Crippen LogP contribution in [0.4, 0.5) is 5.69 Å². The molecule has 21 heavy (non-hydrogen) atoms. The summed E-state index contributed by atoms with van der Waals surface area (Å²) in [5, 5.41) is 6.60. The van der Waals surface area contributed by atoms with Gasteiger partial charge in [-0.05, 0) is 18.2 Å². The monoisotopic (exact) mass is 284 g/mol. The third kappa shape index (κ3) is 2.08. The number of rotatable bonds is 2. The fourth-order valence-corrected chi connectivity index (χ4v) is 2.18. The summed E-state index contributed by atoms with van der Waals surface area (Å²) in [6.07, 6.45) is 3.04. The number of hydrogen-bond acceptors (Lipinski definition) is 4. The van der Waals surface area contributed by atoms with Crippen LogP contribution in [0.15, 0.2) is 30.6 Å². The Bertz CT molecular complexity index is 778. The molecule has 1 aliphatic rings. The lowest BCUT2D eigenvalue weighted by Crippen LogP contribution is -2.24. The largest absolute Gasteiger partial charge is 0.322 e. The van der Waals surface area contributed by atoms with Gasteiger partial charge in [0.05, 0.1) is 22.9 Å². The summed E-state index contributed by atoms with van der Waals surface area (Å²) in [4.78, 5) is 36.7. The molecule has 0 unspecified atom stereocenters. The van der Waals surface area contributed by atoms with Gasteiger partial charge in [0.15, 0.2) is 0 Å². The number of benzene rings is 1. The fraction of sp³-hybridized carbons (Fsp3) is 0.143. The van der Waals surface area contributed by atoms with Crippen LogP contribution in [-0.2, 0) is 7.05 Å². The van der Waals surface area contributed by atoms with Gasteiger partial charge in [-0.25, -0.2) is 0 Å². The molecule has 7 heteroatoms. The van der Waals surface area contributed by atoms with E-state index in [0.29, 0.717) is 22.4 Å². The van der Waals surface area contributed by atoms with Crippen LogP contribution in [-0.4, -0.2) is 39.4 Å². The van der Waals surface area contributed by atoms with Gasteiger partial charge in [0.1, 0.15) is 0 Å². The highest BCUT2D eigenvalue weighted by molar-refractivity contribution is 6.21. The third-order valence-corrected chi connectivity index (χ3v) is 3.31. The number of nitrogens with zero attached hydrogens (tertiary/aromatic N) is 3. The first-order valence-corrected chi connectivity index (χ1v) is 6.24. The molecule has 1 aromatic carbocycles. The molecule has 0 fully saturated rings. The molecule has 2 heterocycles. The van der Waals surface area contributed by atoms with Crippen LogP contribution in [0, 0.1) is 0 Å². The Morgan fingerprint density at radius 3 is 2.52 bits per heavy atom. The molecule has 0 saturated heterocycles. The molecule has 0 aliphatic carbocycles. The summed E-state index contributed by atoms with van der Waals surface area (Å²) >= 11 is 0. The van der Waals surface area contributed by atoms with Crippen LogP contribution in [0.5, 0.6) is 0 Å². The number of amides is 3. The number of carbonyl (C=O) groups excluding carboxylic acids is 3. The molecule has 106 valence electrons. The average molecular weight is 284 g/mol. The van der Waals surface area contributed by atoms with Crippen molar-refractivity contribution in [2.24, 2.45) is 7.05 Å². The van der Waals surface area contributed by atoms with Crippen LogP contribution in [0.2, 0.25) is 0 Å². The first-order valence-electron chi connectivity index (χ1n) is 6.24. The van der Waals surface area contributed by atoms with Gasteiger partial charge in [0, 0.05) is 26.0 Å². The van der Waals surface area contributed by atoms with E-state index >= 15 is 0 Å². The fourth-order valence-electron chi connectivity index (χ4n) is 2.18. The zero-order valence-electron chi connectivity index (χ0n) is 11.5. The van der Waals surface area contributed by atoms with E-state index in [4.69, 9.17) is 0 Å². The molecule has 0 spiro atoms. The molecule has 1 aliphatic heterocycles. The van der Waals surface area contributed by atoms with Gasteiger partial charge in [0.2, 0.25) is 0 Å². The lowest BCUT2D eigenvalue weighted by molar-refractivity contribution is 0.0692. The second kappa shape index (κ2) is 4.55. The van der Waals surface area contributed by atoms with Gasteiger partial charge in [-0.1, -0.05) is 0 Å². The molecule has 3 rings (SSSR count). The van der Waals surface area contributed by atoms with E-state index in [1.54, 1.807) is 19.3 Å². The van der Waals surface area contributed by atoms with E-state index in [-0.39, 0.29) is 17.7 Å². The number of fused-ring (bicyclic) bond motifs is 1. The van der Waals surface area contributed by atoms with Crippen molar-refractivity contribution in [1.29, 1.82) is 0 Å². The predicted molar refractivity (Wildman–Crippen MR) is 74.0 cm³/mol. The van der Waals surface area contributed by atoms with E-state index in [0.717, 1.165) is 4.90 Å². The number of hydrogen-bond donors (Lipinski definition) is 1. The highest BCUT2D eigenvalue weighted by Crippen LogP contribution is 2.24. The maximum atomic E-state index is 12.0. The molecule has 7 nitrogen and oxygen atoms in total. The van der Waals surface area contributed by atoms with Crippen molar-refractivity contribution in [3.05, 3.63) is 47.3 Å². The van der Waals surface area contributed by atoms with E-state index < -0.39 is 0 Å². The lowest BCUT2D eigenvalue weighted by atomic mass is 10.1. The Morgan fingerprint density at radius 2 is 1.86 bits per heavy atom. The first kappa shape index (κ1) is 13.0. The van der Waals surface area contributed by atoms with E-state index in [9.17, 15) is 14.4 Å². The molecule has 0 atom stereocenters. The number of aryl methyl sites for hydroxylation is 1. The number of carbonyl (C=O) groups is 3. The summed E-state index contributed by atoms with van der Waals surface area (Å²) in [5.41, 5.74) is 1.52. The molecule has 1 N–H and O–H groups in total. The molecule has 0 saturated carbocycles. The van der Waals surface area contributed by atoms with Crippen LogP contribution >= 0.6 is 0 Å². The maximum Gasteiger partial charge on any atom is 0.261 e. The normalized spacial score (nSPS) is 13.5. The second-order valence-corrected chi connectivity index (χ2v) is 4.79. The summed E-state index contributed by atoms with van der Waals surface area (Å²) in [6.45, 7) is 0. The second-order valence-electron chi connectivity index (χ2n) is 4.79. The Hall–Kier alpha value is -2.96. The predicted octanol–water partition coefficient (Wildman–Crippen LogP) is 0.898. The van der Waals surface area contributed by atoms with E-state index in [2.05, 4.69) is 10.4 Å². The van der Waals surface area contributed by atoms with Crippen molar-refractivity contribution in [3.8, 4) is 0 Å². The van der Waals surface area contributed by atoms with E-state index in [1.165, 1.54) is 30.1 Å². The first-order chi connectivity index (χ1) is 9.97. The molecule has 3 amide bonds. The zero-order chi connectivity index (χ0) is 15.1. The summed E-state index contributed by atoms with van der Waals surface area (Å²) in [6, 6.07) is 4.64. The number of nitrogens with one attached hydrogen (secondary N) is 1. The SMILES string of the molecule is CN1C(=O)c2ccc(NC(=O)c3cnn(C)c3)cc2C1=O. The molecular weight excluding hydrogens is 272 g/mol. The minimum Gasteiger partial charge on any atom is -0.322 e. The van der Waals surface area contributed by atoms with Crippen LogP contribution < -0.4 is 5.32 Å². The van der Waals surface area contributed by atoms with Crippen LogP contribution in [0.1, 0.15) is 31.1 Å². The topological polar surface area (TPSA) is 84.3 Å². The van der Waals surface area contributed by atoms with Crippen molar-refractivity contribution in [1.82, 2.24) is 14.7 Å². The van der Waals surface area contributed by atoms with Gasteiger partial charge < -0.3 is 5.32 Å². The molecule has 1 aromatic heterocycles.